The Balaban J connectivity index is 2.11. The molecule has 1 N–H and O–H groups in total. The molecule has 5 nitrogen and oxygen atoms in total. The number of benzene rings is 1. The highest BCUT2D eigenvalue weighted by molar-refractivity contribution is 5.94. The van der Waals surface area contributed by atoms with Crippen molar-refractivity contribution in [3.8, 4) is 11.5 Å². The normalized spacial score (nSPS) is 10.1. The SMILES string of the molecule is COc1cccc(CN(C)C(=O)c2cncc(O)c2)c1. The molecule has 0 saturated carbocycles. The highest BCUT2D eigenvalue weighted by Gasteiger charge is 2.13. The number of ether oxygens (including phenoxy) is 1. The zero-order chi connectivity index (χ0) is 14.5. The minimum atomic E-state index is -0.198. The fourth-order valence-corrected chi connectivity index (χ4v) is 1.88. The number of carbonyl (C=O) groups is 1. The van der Waals surface area contributed by atoms with Gasteiger partial charge >= 0.3 is 0 Å². The van der Waals surface area contributed by atoms with Crippen LogP contribution in [-0.4, -0.2) is 35.1 Å². The van der Waals surface area contributed by atoms with E-state index in [-0.39, 0.29) is 11.7 Å². The van der Waals surface area contributed by atoms with E-state index in [0.717, 1.165) is 11.3 Å². The van der Waals surface area contributed by atoms with Crippen LogP contribution >= 0.6 is 0 Å². The monoisotopic (exact) mass is 272 g/mol. The molecule has 0 radical (unpaired) electrons. The number of pyridine rings is 1. The predicted octanol–water partition coefficient (Wildman–Crippen LogP) is 2.07. The first-order valence-electron chi connectivity index (χ1n) is 6.12. The number of aromatic nitrogens is 1. The molecule has 2 aromatic rings. The van der Waals surface area contributed by atoms with Gasteiger partial charge in [-0.05, 0) is 23.8 Å². The van der Waals surface area contributed by atoms with Crippen molar-refractivity contribution in [3.05, 3.63) is 53.9 Å². The quantitative estimate of drug-likeness (QED) is 0.925. The molecule has 0 spiro atoms. The minimum absolute atomic E-state index is 0.0226. The molecule has 0 aliphatic rings. The Morgan fingerprint density at radius 2 is 2.15 bits per heavy atom. The summed E-state index contributed by atoms with van der Waals surface area (Å²) >= 11 is 0. The van der Waals surface area contributed by atoms with E-state index in [4.69, 9.17) is 4.74 Å². The highest BCUT2D eigenvalue weighted by atomic mass is 16.5. The summed E-state index contributed by atoms with van der Waals surface area (Å²) in [4.78, 5) is 17.6. The topological polar surface area (TPSA) is 62.7 Å². The van der Waals surface area contributed by atoms with Gasteiger partial charge in [0.05, 0.1) is 18.9 Å². The number of rotatable bonds is 4. The van der Waals surface area contributed by atoms with Crippen molar-refractivity contribution >= 4 is 5.91 Å². The summed E-state index contributed by atoms with van der Waals surface area (Å²) in [5.74, 6) is 0.532. The fourth-order valence-electron chi connectivity index (χ4n) is 1.88. The predicted molar refractivity (Wildman–Crippen MR) is 74.7 cm³/mol. The third-order valence-electron chi connectivity index (χ3n) is 2.87. The summed E-state index contributed by atoms with van der Waals surface area (Å²) in [5.41, 5.74) is 1.32. The van der Waals surface area contributed by atoms with Crippen molar-refractivity contribution in [2.45, 2.75) is 6.54 Å². The van der Waals surface area contributed by atoms with Gasteiger partial charge in [0.1, 0.15) is 11.5 Å². The largest absolute Gasteiger partial charge is 0.506 e. The maximum atomic E-state index is 12.2. The van der Waals surface area contributed by atoms with E-state index in [1.165, 1.54) is 18.5 Å². The third kappa shape index (κ3) is 3.26. The van der Waals surface area contributed by atoms with E-state index in [9.17, 15) is 9.90 Å². The molecule has 0 fully saturated rings. The number of methoxy groups -OCH3 is 1. The molecule has 1 amide bonds. The zero-order valence-electron chi connectivity index (χ0n) is 11.4. The van der Waals surface area contributed by atoms with Gasteiger partial charge in [0, 0.05) is 19.8 Å². The molecule has 0 unspecified atom stereocenters. The van der Waals surface area contributed by atoms with Crippen molar-refractivity contribution in [3.63, 3.8) is 0 Å². The van der Waals surface area contributed by atoms with Gasteiger partial charge in [-0.25, -0.2) is 0 Å². The molecule has 0 aliphatic heterocycles. The average Bonchev–Trinajstić information content (AvgIpc) is 2.46. The Labute approximate surface area is 117 Å². The first kappa shape index (κ1) is 13.9. The van der Waals surface area contributed by atoms with Gasteiger partial charge in [0.25, 0.3) is 5.91 Å². The smallest absolute Gasteiger partial charge is 0.255 e. The van der Waals surface area contributed by atoms with Crippen LogP contribution in [0.5, 0.6) is 11.5 Å². The number of nitrogens with zero attached hydrogens (tertiary/aromatic N) is 2. The van der Waals surface area contributed by atoms with Gasteiger partial charge in [-0.15, -0.1) is 0 Å². The average molecular weight is 272 g/mol. The van der Waals surface area contributed by atoms with Gasteiger partial charge in [-0.2, -0.15) is 0 Å². The maximum Gasteiger partial charge on any atom is 0.255 e. The second kappa shape index (κ2) is 6.06. The lowest BCUT2D eigenvalue weighted by atomic mass is 10.2. The molecular formula is C15H16N2O3. The second-order valence-corrected chi connectivity index (χ2v) is 4.44. The van der Waals surface area contributed by atoms with Crippen LogP contribution in [0.3, 0.4) is 0 Å². The number of aromatic hydroxyl groups is 1. The van der Waals surface area contributed by atoms with Gasteiger partial charge in [-0.3, -0.25) is 9.78 Å². The lowest BCUT2D eigenvalue weighted by molar-refractivity contribution is 0.0784. The Morgan fingerprint density at radius 1 is 1.35 bits per heavy atom. The molecule has 0 aliphatic carbocycles. The van der Waals surface area contributed by atoms with Crippen LogP contribution in [-0.2, 0) is 6.54 Å². The van der Waals surface area contributed by atoms with E-state index in [2.05, 4.69) is 4.98 Å². The van der Waals surface area contributed by atoms with Crippen molar-refractivity contribution in [2.24, 2.45) is 0 Å². The van der Waals surface area contributed by atoms with Crippen LogP contribution in [0.25, 0.3) is 0 Å². The van der Waals surface area contributed by atoms with E-state index in [1.54, 1.807) is 19.1 Å². The summed E-state index contributed by atoms with van der Waals surface area (Å²) in [5, 5.41) is 9.35. The van der Waals surface area contributed by atoms with Crippen LogP contribution in [0.4, 0.5) is 0 Å². The molecule has 1 heterocycles. The van der Waals surface area contributed by atoms with Crippen molar-refractivity contribution in [1.29, 1.82) is 0 Å². The van der Waals surface area contributed by atoms with Crippen LogP contribution in [0, 0.1) is 0 Å². The summed E-state index contributed by atoms with van der Waals surface area (Å²) in [6.45, 7) is 0.450. The first-order valence-corrected chi connectivity index (χ1v) is 6.12. The number of hydrogen-bond acceptors (Lipinski definition) is 4. The van der Waals surface area contributed by atoms with E-state index in [1.807, 2.05) is 24.3 Å². The third-order valence-corrected chi connectivity index (χ3v) is 2.87. The summed E-state index contributed by atoms with van der Waals surface area (Å²) in [6.07, 6.45) is 2.73. The molecular weight excluding hydrogens is 256 g/mol. The maximum absolute atomic E-state index is 12.2. The Morgan fingerprint density at radius 3 is 2.85 bits per heavy atom. The number of carbonyl (C=O) groups excluding carboxylic acids is 1. The molecule has 1 aromatic heterocycles. The molecule has 1 aromatic carbocycles. The molecule has 104 valence electrons. The fraction of sp³-hybridized carbons (Fsp3) is 0.200. The van der Waals surface area contributed by atoms with Gasteiger partial charge in [-0.1, -0.05) is 12.1 Å². The van der Waals surface area contributed by atoms with E-state index < -0.39 is 0 Å². The summed E-state index contributed by atoms with van der Waals surface area (Å²) in [7, 11) is 3.30. The molecule has 5 heteroatoms. The molecule has 20 heavy (non-hydrogen) atoms. The Kier molecular flexibility index (Phi) is 4.20. The van der Waals surface area contributed by atoms with Crippen LogP contribution in [0.2, 0.25) is 0 Å². The van der Waals surface area contributed by atoms with Gasteiger partial charge in [0.15, 0.2) is 0 Å². The molecule has 0 saturated heterocycles. The standard InChI is InChI=1S/C15H16N2O3/c1-17(10-11-4-3-5-14(6-11)20-2)15(19)12-7-13(18)9-16-8-12/h3-9,18H,10H2,1-2H3. The van der Waals surface area contributed by atoms with E-state index in [0.29, 0.717) is 12.1 Å². The number of hydrogen-bond donors (Lipinski definition) is 1. The van der Waals surface area contributed by atoms with Crippen LogP contribution < -0.4 is 4.74 Å². The number of amides is 1. The van der Waals surface area contributed by atoms with Gasteiger partial charge < -0.3 is 14.7 Å². The first-order chi connectivity index (χ1) is 9.60. The summed E-state index contributed by atoms with van der Waals surface area (Å²) < 4.78 is 5.15. The molecule has 0 bridgehead atoms. The van der Waals surface area contributed by atoms with Crippen molar-refractivity contribution in [1.82, 2.24) is 9.88 Å². The van der Waals surface area contributed by atoms with Crippen LogP contribution in [0.1, 0.15) is 15.9 Å². The lowest BCUT2D eigenvalue weighted by Gasteiger charge is -2.17. The summed E-state index contributed by atoms with van der Waals surface area (Å²) in [6, 6.07) is 8.93. The Hall–Kier alpha value is -2.56. The minimum Gasteiger partial charge on any atom is -0.506 e. The van der Waals surface area contributed by atoms with E-state index >= 15 is 0 Å². The van der Waals surface area contributed by atoms with Crippen molar-refractivity contribution in [2.75, 3.05) is 14.2 Å². The highest BCUT2D eigenvalue weighted by Crippen LogP contribution is 2.16. The Bertz CT molecular complexity index is 614. The molecule has 2 rings (SSSR count). The second-order valence-electron chi connectivity index (χ2n) is 4.44. The van der Waals surface area contributed by atoms with Crippen LogP contribution in [0.15, 0.2) is 42.7 Å². The van der Waals surface area contributed by atoms with Gasteiger partial charge in [0.2, 0.25) is 0 Å². The van der Waals surface area contributed by atoms with Crippen molar-refractivity contribution < 1.29 is 14.6 Å². The zero-order valence-corrected chi connectivity index (χ0v) is 11.4. The lowest BCUT2D eigenvalue weighted by Crippen LogP contribution is -2.26. The molecule has 0 atom stereocenters.